The Morgan fingerprint density at radius 1 is 1.29 bits per heavy atom. The normalized spacial score (nSPS) is 31.1. The van der Waals surface area contributed by atoms with E-state index in [1.165, 1.54) is 5.70 Å². The van der Waals surface area contributed by atoms with E-state index in [1.807, 2.05) is 18.5 Å². The highest BCUT2D eigenvalue weighted by Crippen LogP contribution is 2.14. The first-order chi connectivity index (χ1) is 6.97. The van der Waals surface area contributed by atoms with Crippen LogP contribution in [0.5, 0.6) is 0 Å². The summed E-state index contributed by atoms with van der Waals surface area (Å²) in [5.74, 6) is 0. The van der Waals surface area contributed by atoms with Crippen molar-refractivity contribution in [2.75, 3.05) is 26.2 Å². The summed E-state index contributed by atoms with van der Waals surface area (Å²) in [5, 5.41) is 3.36. The molecule has 1 saturated heterocycles. The van der Waals surface area contributed by atoms with E-state index < -0.39 is 0 Å². The molecule has 1 N–H and O–H groups in total. The van der Waals surface area contributed by atoms with Gasteiger partial charge in [0.2, 0.25) is 0 Å². The van der Waals surface area contributed by atoms with Crippen LogP contribution in [0.25, 0.3) is 0 Å². The zero-order valence-corrected chi connectivity index (χ0v) is 8.45. The zero-order chi connectivity index (χ0) is 9.64. The Morgan fingerprint density at radius 2 is 2.14 bits per heavy atom. The molecule has 14 heavy (non-hydrogen) atoms. The van der Waals surface area contributed by atoms with Crippen molar-refractivity contribution in [3.05, 3.63) is 24.0 Å². The fraction of sp³-hybridized carbons (Fsp3) is 0.545. The predicted octanol–water partition coefficient (Wildman–Crippen LogP) is 1.15. The van der Waals surface area contributed by atoms with E-state index >= 15 is 0 Å². The van der Waals surface area contributed by atoms with Gasteiger partial charge in [-0.3, -0.25) is 4.99 Å². The van der Waals surface area contributed by atoms with Gasteiger partial charge in [-0.15, -0.1) is 0 Å². The van der Waals surface area contributed by atoms with Crippen LogP contribution in [0.4, 0.5) is 0 Å². The molecule has 3 nitrogen and oxygen atoms in total. The minimum Gasteiger partial charge on any atom is -0.371 e. The lowest BCUT2D eigenvalue weighted by Gasteiger charge is -2.31. The second-order valence-electron chi connectivity index (χ2n) is 3.62. The smallest absolute Gasteiger partial charge is 0.0459 e. The summed E-state index contributed by atoms with van der Waals surface area (Å²) in [4.78, 5) is 6.69. The Hall–Kier alpha value is -1.09. The Kier molecular flexibility index (Phi) is 3.35. The molecule has 1 fully saturated rings. The number of hydrogen-bond donors (Lipinski definition) is 1. The van der Waals surface area contributed by atoms with Crippen molar-refractivity contribution in [2.24, 2.45) is 4.99 Å². The van der Waals surface area contributed by atoms with Gasteiger partial charge in [0.25, 0.3) is 0 Å². The first-order valence-corrected chi connectivity index (χ1v) is 5.30. The van der Waals surface area contributed by atoms with Gasteiger partial charge in [0.1, 0.15) is 0 Å². The SMILES string of the molecule is C1=N\C=C(\N2CCNCC2)CC/C=C/1. The lowest BCUT2D eigenvalue weighted by molar-refractivity contribution is 0.290. The average Bonchev–Trinajstić information content (AvgIpc) is 2.18. The molecule has 0 amide bonds. The van der Waals surface area contributed by atoms with Crippen LogP contribution in [-0.4, -0.2) is 37.3 Å². The molecule has 0 aromatic carbocycles. The molecule has 2 aliphatic rings. The largest absolute Gasteiger partial charge is 0.371 e. The van der Waals surface area contributed by atoms with Crippen LogP contribution in [0.3, 0.4) is 0 Å². The highest BCUT2D eigenvalue weighted by molar-refractivity contribution is 5.71. The van der Waals surface area contributed by atoms with Crippen molar-refractivity contribution in [3.8, 4) is 0 Å². The number of aliphatic imine (C=N–C) groups is 1. The minimum atomic E-state index is 1.09. The van der Waals surface area contributed by atoms with Crippen molar-refractivity contribution >= 4 is 6.21 Å². The Labute approximate surface area is 85.2 Å². The van der Waals surface area contributed by atoms with E-state index in [0.717, 1.165) is 39.0 Å². The van der Waals surface area contributed by atoms with Crippen molar-refractivity contribution in [2.45, 2.75) is 12.8 Å². The van der Waals surface area contributed by atoms with Gasteiger partial charge in [-0.25, -0.2) is 0 Å². The lowest BCUT2D eigenvalue weighted by atomic mass is 10.2. The third-order valence-corrected chi connectivity index (χ3v) is 2.62. The van der Waals surface area contributed by atoms with Crippen molar-refractivity contribution in [3.63, 3.8) is 0 Å². The maximum absolute atomic E-state index is 4.25. The van der Waals surface area contributed by atoms with Crippen LogP contribution in [0.2, 0.25) is 0 Å². The molecule has 0 saturated carbocycles. The fourth-order valence-electron chi connectivity index (χ4n) is 1.82. The van der Waals surface area contributed by atoms with Gasteiger partial charge in [0, 0.05) is 44.3 Å². The molecule has 0 unspecified atom stereocenters. The highest BCUT2D eigenvalue weighted by Gasteiger charge is 2.12. The zero-order valence-electron chi connectivity index (χ0n) is 8.45. The summed E-state index contributed by atoms with van der Waals surface area (Å²) in [6, 6.07) is 0. The van der Waals surface area contributed by atoms with E-state index in [2.05, 4.69) is 21.3 Å². The molecule has 0 aliphatic carbocycles. The summed E-state index contributed by atoms with van der Waals surface area (Å²) in [6.45, 7) is 4.42. The van der Waals surface area contributed by atoms with E-state index in [-0.39, 0.29) is 0 Å². The Balaban J connectivity index is 2.00. The molecule has 0 atom stereocenters. The van der Waals surface area contributed by atoms with Crippen LogP contribution in [0, 0.1) is 0 Å². The van der Waals surface area contributed by atoms with Gasteiger partial charge in [-0.2, -0.15) is 0 Å². The number of hydrogen-bond acceptors (Lipinski definition) is 3. The monoisotopic (exact) mass is 191 g/mol. The maximum atomic E-state index is 4.25. The fourth-order valence-corrected chi connectivity index (χ4v) is 1.82. The molecule has 0 aromatic rings. The standard InChI is InChI=1S/C11H17N3/c1-2-4-11(10-13-5-3-1)14-8-6-12-7-9-14/h1,3,5,10,12H,2,4,6-9H2/b3-1+,11-10+,13-5-. The summed E-state index contributed by atoms with van der Waals surface area (Å²) in [5.41, 5.74) is 1.38. The molecule has 2 rings (SSSR count). The van der Waals surface area contributed by atoms with E-state index in [9.17, 15) is 0 Å². The third-order valence-electron chi connectivity index (χ3n) is 2.62. The molecule has 0 aromatic heterocycles. The van der Waals surface area contributed by atoms with Crippen LogP contribution < -0.4 is 5.32 Å². The third kappa shape index (κ3) is 2.45. The van der Waals surface area contributed by atoms with E-state index in [4.69, 9.17) is 0 Å². The van der Waals surface area contributed by atoms with E-state index in [1.54, 1.807) is 0 Å². The molecule has 2 heterocycles. The van der Waals surface area contributed by atoms with Crippen molar-refractivity contribution in [1.82, 2.24) is 10.2 Å². The molecule has 0 radical (unpaired) electrons. The lowest BCUT2D eigenvalue weighted by Crippen LogP contribution is -2.42. The van der Waals surface area contributed by atoms with E-state index in [0.29, 0.717) is 0 Å². The number of piperazine rings is 1. The van der Waals surface area contributed by atoms with Gasteiger partial charge < -0.3 is 10.2 Å². The second-order valence-corrected chi connectivity index (χ2v) is 3.62. The predicted molar refractivity (Wildman–Crippen MR) is 59.4 cm³/mol. The summed E-state index contributed by atoms with van der Waals surface area (Å²) < 4.78 is 0. The van der Waals surface area contributed by atoms with Gasteiger partial charge in [0.15, 0.2) is 0 Å². The molecule has 0 spiro atoms. The minimum absolute atomic E-state index is 1.09. The Morgan fingerprint density at radius 3 is 3.00 bits per heavy atom. The molecular formula is C11H17N3. The van der Waals surface area contributed by atoms with Crippen molar-refractivity contribution < 1.29 is 0 Å². The number of rotatable bonds is 1. The topological polar surface area (TPSA) is 27.6 Å². The highest BCUT2D eigenvalue weighted by atomic mass is 15.2. The summed E-state index contributed by atoms with van der Waals surface area (Å²) >= 11 is 0. The number of allylic oxidation sites excluding steroid dienone is 3. The molecule has 0 bridgehead atoms. The van der Waals surface area contributed by atoms with Crippen LogP contribution >= 0.6 is 0 Å². The van der Waals surface area contributed by atoms with Crippen LogP contribution in [-0.2, 0) is 0 Å². The van der Waals surface area contributed by atoms with Gasteiger partial charge >= 0.3 is 0 Å². The first kappa shape index (κ1) is 9.46. The molecular weight excluding hydrogens is 174 g/mol. The van der Waals surface area contributed by atoms with Gasteiger partial charge in [0.05, 0.1) is 0 Å². The molecule has 76 valence electrons. The summed E-state index contributed by atoms with van der Waals surface area (Å²) in [7, 11) is 0. The molecule has 3 heteroatoms. The number of nitrogens with zero attached hydrogens (tertiary/aromatic N) is 2. The van der Waals surface area contributed by atoms with Gasteiger partial charge in [-0.1, -0.05) is 6.08 Å². The Bertz CT molecular complexity index is 260. The van der Waals surface area contributed by atoms with Crippen LogP contribution in [0.1, 0.15) is 12.8 Å². The summed E-state index contributed by atoms with van der Waals surface area (Å²) in [6.07, 6.45) is 10.3. The maximum Gasteiger partial charge on any atom is 0.0459 e. The quantitative estimate of drug-likeness (QED) is 0.673. The average molecular weight is 191 g/mol. The van der Waals surface area contributed by atoms with Gasteiger partial charge in [-0.05, 0) is 18.9 Å². The number of nitrogens with one attached hydrogen (secondary N) is 1. The first-order valence-electron chi connectivity index (χ1n) is 5.30. The molecule has 2 aliphatic heterocycles. The van der Waals surface area contributed by atoms with Crippen molar-refractivity contribution in [1.29, 1.82) is 0 Å². The van der Waals surface area contributed by atoms with Crippen LogP contribution in [0.15, 0.2) is 29.0 Å². The second kappa shape index (κ2) is 4.96.